The molecule has 0 unspecified atom stereocenters. The van der Waals surface area contributed by atoms with Gasteiger partial charge in [-0.25, -0.2) is 0 Å². The molecule has 0 aliphatic heterocycles. The second-order valence-corrected chi connectivity index (χ2v) is 2.35. The topological polar surface area (TPSA) is 17.1 Å². The van der Waals surface area contributed by atoms with Gasteiger partial charge in [0, 0.05) is 12.0 Å². The van der Waals surface area contributed by atoms with Crippen molar-refractivity contribution in [2.45, 2.75) is 13.8 Å². The summed E-state index contributed by atoms with van der Waals surface area (Å²) in [6, 6.07) is 0. The molecule has 3 heteroatoms. The molecule has 46 valence electrons. The predicted molar refractivity (Wildman–Crippen MR) is 35.1 cm³/mol. The Morgan fingerprint density at radius 2 is 1.62 bits per heavy atom. The van der Waals surface area contributed by atoms with Crippen LogP contribution >= 0.6 is 23.2 Å². The average Bonchev–Trinajstić information content (AvgIpc) is 1.64. The minimum absolute atomic E-state index is 0.117. The highest BCUT2D eigenvalue weighted by Gasteiger charge is 2.00. The number of ketones is 1. The van der Waals surface area contributed by atoms with Gasteiger partial charge in [-0.15, -0.1) is 0 Å². The maximum atomic E-state index is 10.3. The summed E-state index contributed by atoms with van der Waals surface area (Å²) < 4.78 is 0. The molecule has 0 bridgehead atoms. The fourth-order valence-electron chi connectivity index (χ4n) is 0.243. The van der Waals surface area contributed by atoms with Crippen LogP contribution in [0.2, 0.25) is 0 Å². The lowest BCUT2D eigenvalue weighted by atomic mass is 10.4. The fourth-order valence-corrected chi connectivity index (χ4v) is 0.376. The van der Waals surface area contributed by atoms with Crippen molar-refractivity contribution in [2.75, 3.05) is 0 Å². The first-order valence-electron chi connectivity index (χ1n) is 2.08. The molecular weight excluding hydrogens is 147 g/mol. The van der Waals surface area contributed by atoms with E-state index in [9.17, 15) is 4.79 Å². The number of rotatable bonds is 1. The minimum Gasteiger partial charge on any atom is -0.293 e. The smallest absolute Gasteiger partial charge is 0.172 e. The molecule has 0 atom stereocenters. The van der Waals surface area contributed by atoms with E-state index in [4.69, 9.17) is 23.2 Å². The number of hydrogen-bond acceptors (Lipinski definition) is 1. The van der Waals surface area contributed by atoms with Gasteiger partial charge in [-0.1, -0.05) is 23.2 Å². The highest BCUT2D eigenvalue weighted by Crippen LogP contribution is 2.12. The summed E-state index contributed by atoms with van der Waals surface area (Å²) >= 11 is 10.7. The van der Waals surface area contributed by atoms with Gasteiger partial charge >= 0.3 is 0 Å². The van der Waals surface area contributed by atoms with Crippen LogP contribution in [0.5, 0.6) is 0 Å². The molecule has 1 nitrogen and oxygen atoms in total. The molecule has 0 saturated heterocycles. The van der Waals surface area contributed by atoms with Gasteiger partial charge in [0.1, 0.15) is 0 Å². The van der Waals surface area contributed by atoms with Gasteiger partial charge in [0.15, 0.2) is 5.78 Å². The van der Waals surface area contributed by atoms with Crippen molar-refractivity contribution in [3.05, 3.63) is 10.1 Å². The normalized spacial score (nSPS) is 13.0. The zero-order valence-corrected chi connectivity index (χ0v) is 6.18. The van der Waals surface area contributed by atoms with Crippen LogP contribution in [0.3, 0.4) is 0 Å². The second kappa shape index (κ2) is 3.10. The predicted octanol–water partition coefficient (Wildman–Crippen LogP) is 2.28. The van der Waals surface area contributed by atoms with E-state index < -0.39 is 0 Å². The molecule has 0 radical (unpaired) electrons. The highest BCUT2D eigenvalue weighted by molar-refractivity contribution is 6.47. The molecule has 0 aliphatic rings. The Morgan fingerprint density at radius 1 is 1.25 bits per heavy atom. The molecule has 0 fully saturated rings. The number of halogens is 2. The monoisotopic (exact) mass is 152 g/mol. The van der Waals surface area contributed by atoms with Gasteiger partial charge in [-0.05, 0) is 6.92 Å². The van der Waals surface area contributed by atoms with Gasteiger partial charge in [0.2, 0.25) is 0 Å². The summed E-state index contributed by atoms with van der Waals surface area (Å²) in [6.45, 7) is 2.94. The molecule has 0 aromatic heterocycles. The zero-order valence-electron chi connectivity index (χ0n) is 4.66. The lowest BCUT2D eigenvalue weighted by Crippen LogP contribution is -1.88. The van der Waals surface area contributed by atoms with Crippen molar-refractivity contribution < 1.29 is 4.79 Å². The Morgan fingerprint density at radius 3 is 1.62 bits per heavy atom. The van der Waals surface area contributed by atoms with Crippen LogP contribution in [-0.4, -0.2) is 5.78 Å². The number of Topliss-reactive ketones (excluding diaryl/α,β-unsaturated/α-hetero) is 1. The lowest BCUT2D eigenvalue weighted by Gasteiger charge is -1.88. The van der Waals surface area contributed by atoms with E-state index in [1.54, 1.807) is 6.92 Å². The van der Waals surface area contributed by atoms with Gasteiger partial charge < -0.3 is 0 Å². The molecule has 0 rings (SSSR count). The maximum absolute atomic E-state index is 10.3. The van der Waals surface area contributed by atoms with Crippen molar-refractivity contribution in [1.82, 2.24) is 0 Å². The van der Waals surface area contributed by atoms with Crippen LogP contribution in [0, 0.1) is 0 Å². The summed E-state index contributed by atoms with van der Waals surface area (Å²) in [5.41, 5.74) is 0. The summed E-state index contributed by atoms with van der Waals surface area (Å²) in [7, 11) is 0. The highest BCUT2D eigenvalue weighted by atomic mass is 35.5. The third kappa shape index (κ3) is 2.34. The third-order valence-electron chi connectivity index (χ3n) is 0.612. The maximum Gasteiger partial charge on any atom is 0.172 e. The van der Waals surface area contributed by atoms with Crippen LogP contribution in [0.4, 0.5) is 0 Å². The Kier molecular flexibility index (Phi) is 3.10. The Bertz CT molecular complexity index is 133. The van der Waals surface area contributed by atoms with Crippen molar-refractivity contribution in [1.29, 1.82) is 0 Å². The molecule has 0 N–H and O–H groups in total. The first-order valence-corrected chi connectivity index (χ1v) is 2.84. The van der Waals surface area contributed by atoms with E-state index in [1.165, 1.54) is 6.92 Å². The first-order chi connectivity index (χ1) is 3.55. The number of allylic oxidation sites excluding steroid dienone is 2. The number of carbonyl (C=O) groups is 1. The van der Waals surface area contributed by atoms with Gasteiger partial charge in [-0.2, -0.15) is 0 Å². The van der Waals surface area contributed by atoms with Gasteiger partial charge in [-0.3, -0.25) is 4.79 Å². The van der Waals surface area contributed by atoms with Crippen molar-refractivity contribution in [3.63, 3.8) is 0 Å². The van der Waals surface area contributed by atoms with Crippen LogP contribution < -0.4 is 0 Å². The zero-order chi connectivity index (χ0) is 6.73. The molecule has 0 aromatic carbocycles. The van der Waals surface area contributed by atoms with Gasteiger partial charge in [0.25, 0.3) is 0 Å². The molecule has 0 aliphatic carbocycles. The van der Waals surface area contributed by atoms with Crippen LogP contribution in [0.25, 0.3) is 0 Å². The van der Waals surface area contributed by atoms with Crippen molar-refractivity contribution in [3.8, 4) is 0 Å². The fraction of sp³-hybridized carbons (Fsp3) is 0.400. The third-order valence-corrected chi connectivity index (χ3v) is 1.45. The Labute approximate surface area is 58.3 Å². The summed E-state index contributed by atoms with van der Waals surface area (Å²) in [6.07, 6.45) is 0. The van der Waals surface area contributed by atoms with E-state index >= 15 is 0 Å². The molecule has 0 heterocycles. The Balaban J connectivity index is 4.23. The molecule has 0 saturated carbocycles. The first kappa shape index (κ1) is 7.99. The molecule has 8 heavy (non-hydrogen) atoms. The number of hydrogen-bond donors (Lipinski definition) is 0. The van der Waals surface area contributed by atoms with E-state index in [0.29, 0.717) is 5.03 Å². The van der Waals surface area contributed by atoms with E-state index in [0.717, 1.165) is 0 Å². The van der Waals surface area contributed by atoms with Crippen molar-refractivity contribution in [2.24, 2.45) is 0 Å². The molecule has 0 amide bonds. The number of carbonyl (C=O) groups excluding carboxylic acids is 1. The standard InChI is InChI=1S/C5H6Cl2O/c1-3(6)5(7)4(2)8/h1-2H3. The van der Waals surface area contributed by atoms with Crippen LogP contribution in [0.1, 0.15) is 13.8 Å². The summed E-state index contributed by atoms with van der Waals surface area (Å²) in [5, 5.41) is 0.464. The van der Waals surface area contributed by atoms with Crippen LogP contribution in [-0.2, 0) is 4.79 Å². The van der Waals surface area contributed by atoms with E-state index in [1.807, 2.05) is 0 Å². The molecule has 0 aromatic rings. The van der Waals surface area contributed by atoms with Crippen molar-refractivity contribution >= 4 is 29.0 Å². The Hall–Kier alpha value is -0.0100. The largest absolute Gasteiger partial charge is 0.293 e. The second-order valence-electron chi connectivity index (χ2n) is 1.40. The SMILES string of the molecule is CC(=O)C(Cl)=C(C)Cl. The van der Waals surface area contributed by atoms with E-state index in [2.05, 4.69) is 0 Å². The molecular formula is C5H6Cl2O. The molecule has 0 spiro atoms. The van der Waals surface area contributed by atoms with Crippen LogP contribution in [0.15, 0.2) is 10.1 Å². The van der Waals surface area contributed by atoms with Gasteiger partial charge in [0.05, 0.1) is 5.03 Å². The quantitative estimate of drug-likeness (QED) is 0.528. The minimum atomic E-state index is -0.195. The van der Waals surface area contributed by atoms with E-state index in [-0.39, 0.29) is 10.8 Å². The lowest BCUT2D eigenvalue weighted by molar-refractivity contribution is -0.113. The average molecular weight is 153 g/mol. The summed E-state index contributed by atoms with van der Waals surface area (Å²) in [4.78, 5) is 10.3. The summed E-state index contributed by atoms with van der Waals surface area (Å²) in [5.74, 6) is -0.195.